The number of fused-ring (bicyclic) bond motifs is 2. The van der Waals surface area contributed by atoms with E-state index in [1.54, 1.807) is 0 Å². The molecule has 0 fully saturated rings. The Morgan fingerprint density at radius 2 is 1.84 bits per heavy atom. The van der Waals surface area contributed by atoms with E-state index >= 15 is 0 Å². The van der Waals surface area contributed by atoms with E-state index in [2.05, 4.69) is 48.8 Å². The van der Waals surface area contributed by atoms with Gasteiger partial charge in [0.15, 0.2) is 0 Å². The van der Waals surface area contributed by atoms with Gasteiger partial charge in [-0.2, -0.15) is 0 Å². The fourth-order valence-corrected chi connectivity index (χ4v) is 2.98. The van der Waals surface area contributed by atoms with Crippen LogP contribution >= 0.6 is 15.9 Å². The summed E-state index contributed by atoms with van der Waals surface area (Å²) < 4.78 is 7.13. The molecule has 3 rings (SSSR count). The van der Waals surface area contributed by atoms with E-state index < -0.39 is 0 Å². The van der Waals surface area contributed by atoms with E-state index in [4.69, 9.17) is 4.74 Å². The molecule has 1 aromatic carbocycles. The maximum absolute atomic E-state index is 5.93. The Balaban J connectivity index is 1.65. The van der Waals surface area contributed by atoms with Gasteiger partial charge in [-0.1, -0.05) is 62.0 Å². The van der Waals surface area contributed by atoms with E-state index in [-0.39, 0.29) is 0 Å². The second kappa shape index (κ2) is 6.78. The maximum atomic E-state index is 5.93. The SMILES string of the molecule is CC(C)CCCC(C)CCOc1cc(Br)c2cc1C2. The second-order valence-electron chi connectivity index (χ2n) is 6.30. The minimum Gasteiger partial charge on any atom is -0.493 e. The zero-order valence-corrected chi connectivity index (χ0v) is 13.9. The number of hydrogen-bond acceptors (Lipinski definition) is 1. The van der Waals surface area contributed by atoms with Crippen LogP contribution in [0.25, 0.3) is 0 Å². The largest absolute Gasteiger partial charge is 0.493 e. The van der Waals surface area contributed by atoms with E-state index in [0.717, 1.165) is 37.0 Å². The van der Waals surface area contributed by atoms with Gasteiger partial charge in [0.2, 0.25) is 0 Å². The summed E-state index contributed by atoms with van der Waals surface area (Å²) >= 11 is 3.58. The summed E-state index contributed by atoms with van der Waals surface area (Å²) in [6, 6.07) is 4.35. The minimum atomic E-state index is 0.771. The molecule has 1 atom stereocenters. The lowest BCUT2D eigenvalue weighted by molar-refractivity contribution is 0.272. The van der Waals surface area contributed by atoms with Crippen LogP contribution in [0.5, 0.6) is 5.75 Å². The van der Waals surface area contributed by atoms with Crippen molar-refractivity contribution in [3.8, 4) is 5.75 Å². The molecule has 1 nitrogen and oxygen atoms in total. The predicted octanol–water partition coefficient (Wildman–Crippen LogP) is 5.58. The lowest BCUT2D eigenvalue weighted by atomic mass is 9.92. The first-order chi connectivity index (χ1) is 9.06. The molecule has 0 N–H and O–H groups in total. The van der Waals surface area contributed by atoms with Crippen molar-refractivity contribution in [3.63, 3.8) is 0 Å². The number of benzene rings is 1. The highest BCUT2D eigenvalue weighted by Gasteiger charge is 2.18. The molecule has 2 heteroatoms. The molecule has 2 bridgehead atoms. The standard InChI is InChI=1S/C17H25BrO/c1-12(2)5-4-6-13(3)7-8-19-17-11-16(18)14-9-15(17)10-14/h9,11-13H,4-8,10H2,1-3H3. The molecule has 0 radical (unpaired) electrons. The van der Waals surface area contributed by atoms with Crippen molar-refractivity contribution in [3.05, 3.63) is 27.7 Å². The van der Waals surface area contributed by atoms with Gasteiger partial charge in [-0.3, -0.25) is 0 Å². The third-order valence-electron chi connectivity index (χ3n) is 3.96. The molecule has 19 heavy (non-hydrogen) atoms. The smallest absolute Gasteiger partial charge is 0.123 e. The van der Waals surface area contributed by atoms with Gasteiger partial charge in [0.25, 0.3) is 0 Å². The average Bonchev–Trinajstić information content (AvgIpc) is 2.26. The fourth-order valence-electron chi connectivity index (χ4n) is 2.52. The van der Waals surface area contributed by atoms with Crippen LogP contribution in [0.3, 0.4) is 0 Å². The van der Waals surface area contributed by atoms with Crippen LogP contribution < -0.4 is 4.74 Å². The van der Waals surface area contributed by atoms with Gasteiger partial charge in [-0.05, 0) is 35.4 Å². The van der Waals surface area contributed by atoms with Gasteiger partial charge >= 0.3 is 0 Å². The number of halogens is 1. The summed E-state index contributed by atoms with van der Waals surface area (Å²) in [5.41, 5.74) is 2.77. The van der Waals surface area contributed by atoms with E-state index in [1.165, 1.54) is 34.9 Å². The van der Waals surface area contributed by atoms with Crippen molar-refractivity contribution < 1.29 is 4.74 Å². The maximum Gasteiger partial charge on any atom is 0.123 e. The number of rotatable bonds is 8. The molecule has 0 aromatic heterocycles. The molecule has 1 unspecified atom stereocenters. The van der Waals surface area contributed by atoms with Crippen LogP contribution in [0.2, 0.25) is 0 Å². The zero-order valence-electron chi connectivity index (χ0n) is 12.3. The van der Waals surface area contributed by atoms with Crippen molar-refractivity contribution >= 4 is 15.9 Å². The van der Waals surface area contributed by atoms with Gasteiger partial charge in [-0.25, -0.2) is 0 Å². The normalized spacial score (nSPS) is 14.4. The summed E-state index contributed by atoms with van der Waals surface area (Å²) in [6.07, 6.45) is 6.28. The summed E-state index contributed by atoms with van der Waals surface area (Å²) in [6.45, 7) is 7.79. The van der Waals surface area contributed by atoms with Crippen LogP contribution in [0, 0.1) is 11.8 Å². The van der Waals surface area contributed by atoms with Crippen LogP contribution in [0.1, 0.15) is 57.6 Å². The van der Waals surface area contributed by atoms with Crippen molar-refractivity contribution in [2.75, 3.05) is 6.61 Å². The minimum absolute atomic E-state index is 0.771. The Kier molecular flexibility index (Phi) is 5.32. The highest BCUT2D eigenvalue weighted by molar-refractivity contribution is 9.10. The first-order valence-electron chi connectivity index (χ1n) is 7.50. The Bertz CT molecular complexity index is 426. The molecule has 0 saturated heterocycles. The Morgan fingerprint density at radius 3 is 2.47 bits per heavy atom. The van der Waals surface area contributed by atoms with Gasteiger partial charge in [0, 0.05) is 10.9 Å². The molecule has 2 aliphatic carbocycles. The van der Waals surface area contributed by atoms with Crippen molar-refractivity contribution in [2.45, 2.75) is 52.9 Å². The van der Waals surface area contributed by atoms with E-state index in [0.29, 0.717) is 0 Å². The third kappa shape index (κ3) is 4.24. The quantitative estimate of drug-likeness (QED) is 0.615. The first kappa shape index (κ1) is 14.9. The molecule has 0 spiro atoms. The molecular formula is C17H25BrO. The van der Waals surface area contributed by atoms with Gasteiger partial charge in [0.05, 0.1) is 6.61 Å². The van der Waals surface area contributed by atoms with Gasteiger partial charge in [0.1, 0.15) is 5.75 Å². The summed E-state index contributed by atoms with van der Waals surface area (Å²) in [5.74, 6) is 2.68. The molecule has 0 heterocycles. The molecule has 0 saturated carbocycles. The number of ether oxygens (including phenoxy) is 1. The van der Waals surface area contributed by atoms with Crippen LogP contribution in [0.4, 0.5) is 0 Å². The topological polar surface area (TPSA) is 9.23 Å². The summed E-state index contributed by atoms with van der Waals surface area (Å²) in [4.78, 5) is 0. The van der Waals surface area contributed by atoms with Crippen molar-refractivity contribution in [2.24, 2.45) is 11.8 Å². The molecule has 0 aliphatic heterocycles. The predicted molar refractivity (Wildman–Crippen MR) is 84.9 cm³/mol. The van der Waals surface area contributed by atoms with Crippen LogP contribution in [0.15, 0.2) is 16.6 Å². The van der Waals surface area contributed by atoms with Crippen LogP contribution in [-0.2, 0) is 6.42 Å². The molecule has 0 amide bonds. The van der Waals surface area contributed by atoms with E-state index in [1.807, 2.05) is 0 Å². The lowest BCUT2D eigenvalue weighted by Crippen LogP contribution is -2.10. The third-order valence-corrected chi connectivity index (χ3v) is 4.70. The second-order valence-corrected chi connectivity index (χ2v) is 7.15. The van der Waals surface area contributed by atoms with Crippen LogP contribution in [-0.4, -0.2) is 6.61 Å². The lowest BCUT2D eigenvalue weighted by Gasteiger charge is -2.22. The summed E-state index contributed by atoms with van der Waals surface area (Å²) in [7, 11) is 0. The highest BCUT2D eigenvalue weighted by Crippen LogP contribution is 2.37. The average molecular weight is 325 g/mol. The zero-order chi connectivity index (χ0) is 13.8. The summed E-state index contributed by atoms with van der Waals surface area (Å²) in [5, 5.41) is 0. The van der Waals surface area contributed by atoms with Gasteiger partial charge < -0.3 is 4.74 Å². The number of hydrogen-bond donors (Lipinski definition) is 0. The molecule has 106 valence electrons. The highest BCUT2D eigenvalue weighted by atomic mass is 79.9. The Labute approximate surface area is 125 Å². The molecule has 1 aromatic rings. The van der Waals surface area contributed by atoms with E-state index in [9.17, 15) is 0 Å². The van der Waals surface area contributed by atoms with Crippen molar-refractivity contribution in [1.29, 1.82) is 0 Å². The monoisotopic (exact) mass is 324 g/mol. The van der Waals surface area contributed by atoms with Gasteiger partial charge in [-0.15, -0.1) is 0 Å². The fraction of sp³-hybridized carbons (Fsp3) is 0.647. The van der Waals surface area contributed by atoms with Crippen molar-refractivity contribution in [1.82, 2.24) is 0 Å². The molecular weight excluding hydrogens is 300 g/mol. The molecule has 2 aliphatic rings. The first-order valence-corrected chi connectivity index (χ1v) is 8.29. The Morgan fingerprint density at radius 1 is 1.11 bits per heavy atom. The Hall–Kier alpha value is -0.500.